The minimum atomic E-state index is -0.946. The number of nitrogens with one attached hydrogen (secondary N) is 1. The molecule has 2 heterocycles. The van der Waals surface area contributed by atoms with E-state index in [1.54, 1.807) is 6.07 Å². The SMILES string of the molecule is Cc1ccc(CC(=O)N2CCC3(CC2)CNC(=O)COc2ccccc2C[C@H](O)[C@H](O)C3)cc1. The van der Waals surface area contributed by atoms with E-state index in [1.807, 2.05) is 54.3 Å². The smallest absolute Gasteiger partial charge is 0.257 e. The largest absolute Gasteiger partial charge is 0.483 e. The molecule has 1 saturated heterocycles. The Morgan fingerprint density at radius 2 is 1.79 bits per heavy atom. The maximum atomic E-state index is 12.9. The number of benzene rings is 2. The highest BCUT2D eigenvalue weighted by Gasteiger charge is 2.39. The second-order valence-corrected chi connectivity index (χ2v) is 9.76. The number of hydrogen-bond acceptors (Lipinski definition) is 5. The third kappa shape index (κ3) is 5.96. The van der Waals surface area contributed by atoms with Gasteiger partial charge in [-0.25, -0.2) is 0 Å². The molecule has 0 bridgehead atoms. The Kier molecular flexibility index (Phi) is 7.54. The lowest BCUT2D eigenvalue weighted by Gasteiger charge is -2.43. The molecule has 2 aliphatic rings. The number of hydrogen-bond donors (Lipinski definition) is 3. The number of para-hydroxylation sites is 1. The molecule has 7 heteroatoms. The summed E-state index contributed by atoms with van der Waals surface area (Å²) in [5.41, 5.74) is 2.52. The maximum absolute atomic E-state index is 12.9. The van der Waals surface area contributed by atoms with E-state index < -0.39 is 17.6 Å². The molecule has 0 radical (unpaired) electrons. The van der Waals surface area contributed by atoms with Gasteiger partial charge in [0.25, 0.3) is 5.91 Å². The number of likely N-dealkylation sites (tertiary alicyclic amines) is 1. The lowest BCUT2D eigenvalue weighted by Crippen LogP contribution is -2.51. The number of fused-ring (bicyclic) bond motifs is 1. The summed E-state index contributed by atoms with van der Waals surface area (Å²) >= 11 is 0. The van der Waals surface area contributed by atoms with Gasteiger partial charge >= 0.3 is 0 Å². The summed E-state index contributed by atoms with van der Waals surface area (Å²) in [6.45, 7) is 3.41. The second kappa shape index (κ2) is 10.6. The summed E-state index contributed by atoms with van der Waals surface area (Å²) in [6, 6.07) is 15.2. The minimum Gasteiger partial charge on any atom is -0.483 e. The van der Waals surface area contributed by atoms with Crippen LogP contribution in [-0.2, 0) is 22.4 Å². The van der Waals surface area contributed by atoms with Crippen molar-refractivity contribution in [1.82, 2.24) is 10.2 Å². The highest BCUT2D eigenvalue weighted by Crippen LogP contribution is 2.37. The first kappa shape index (κ1) is 24.2. The predicted molar refractivity (Wildman–Crippen MR) is 128 cm³/mol. The molecule has 2 amide bonds. The van der Waals surface area contributed by atoms with Crippen molar-refractivity contribution in [3.8, 4) is 5.75 Å². The Morgan fingerprint density at radius 3 is 2.53 bits per heavy atom. The highest BCUT2D eigenvalue weighted by atomic mass is 16.5. The molecule has 1 spiro atoms. The first-order valence-corrected chi connectivity index (χ1v) is 12.0. The number of aliphatic hydroxyl groups excluding tert-OH is 2. The monoisotopic (exact) mass is 466 g/mol. The highest BCUT2D eigenvalue weighted by molar-refractivity contribution is 5.79. The summed E-state index contributed by atoms with van der Waals surface area (Å²) < 4.78 is 5.69. The first-order valence-electron chi connectivity index (χ1n) is 12.0. The Labute approximate surface area is 200 Å². The van der Waals surface area contributed by atoms with Crippen molar-refractivity contribution in [2.45, 2.75) is 51.2 Å². The molecule has 34 heavy (non-hydrogen) atoms. The molecule has 0 aliphatic carbocycles. The number of carbonyl (C=O) groups is 2. The van der Waals surface area contributed by atoms with E-state index in [0.717, 1.165) is 16.7 Å². The van der Waals surface area contributed by atoms with Gasteiger partial charge in [0.05, 0.1) is 18.6 Å². The zero-order chi connectivity index (χ0) is 24.1. The van der Waals surface area contributed by atoms with Crippen LogP contribution in [0.1, 0.15) is 36.0 Å². The van der Waals surface area contributed by atoms with Crippen LogP contribution in [0.15, 0.2) is 48.5 Å². The normalized spacial score (nSPS) is 23.1. The van der Waals surface area contributed by atoms with Crippen LogP contribution in [0.3, 0.4) is 0 Å². The van der Waals surface area contributed by atoms with Crippen LogP contribution in [0.25, 0.3) is 0 Å². The van der Waals surface area contributed by atoms with Crippen LogP contribution in [-0.4, -0.2) is 65.4 Å². The quantitative estimate of drug-likeness (QED) is 0.629. The summed E-state index contributed by atoms with van der Waals surface area (Å²) in [5, 5.41) is 24.6. The van der Waals surface area contributed by atoms with Crippen molar-refractivity contribution in [2.24, 2.45) is 5.41 Å². The van der Waals surface area contributed by atoms with E-state index in [9.17, 15) is 19.8 Å². The molecule has 2 aromatic carbocycles. The molecule has 4 rings (SSSR count). The average molecular weight is 467 g/mol. The number of piperidine rings is 1. The number of amides is 2. The number of carbonyl (C=O) groups excluding carboxylic acids is 2. The van der Waals surface area contributed by atoms with Crippen molar-refractivity contribution in [2.75, 3.05) is 26.2 Å². The van der Waals surface area contributed by atoms with Crippen LogP contribution < -0.4 is 10.1 Å². The molecule has 182 valence electrons. The van der Waals surface area contributed by atoms with E-state index in [2.05, 4.69) is 5.32 Å². The topological polar surface area (TPSA) is 99.1 Å². The van der Waals surface area contributed by atoms with Gasteiger partial charge in [0.1, 0.15) is 5.75 Å². The van der Waals surface area contributed by atoms with Crippen molar-refractivity contribution >= 4 is 11.8 Å². The Balaban J connectivity index is 1.43. The molecule has 0 unspecified atom stereocenters. The van der Waals surface area contributed by atoms with Crippen LogP contribution in [0.2, 0.25) is 0 Å². The Bertz CT molecular complexity index is 998. The third-order valence-corrected chi connectivity index (χ3v) is 7.16. The Hall–Kier alpha value is -2.90. The van der Waals surface area contributed by atoms with E-state index in [-0.39, 0.29) is 24.8 Å². The van der Waals surface area contributed by atoms with Gasteiger partial charge in [-0.1, -0.05) is 48.0 Å². The zero-order valence-corrected chi connectivity index (χ0v) is 19.7. The molecule has 2 atom stereocenters. The van der Waals surface area contributed by atoms with Gasteiger partial charge < -0.3 is 25.2 Å². The molecule has 2 aromatic rings. The van der Waals surface area contributed by atoms with E-state index in [0.29, 0.717) is 51.1 Å². The minimum absolute atomic E-state index is 0.0847. The van der Waals surface area contributed by atoms with E-state index in [4.69, 9.17) is 4.74 Å². The summed E-state index contributed by atoms with van der Waals surface area (Å²) in [5.74, 6) is 0.406. The van der Waals surface area contributed by atoms with Crippen LogP contribution in [0, 0.1) is 12.3 Å². The van der Waals surface area contributed by atoms with Gasteiger partial charge in [0.15, 0.2) is 6.61 Å². The number of rotatable bonds is 2. The number of aliphatic hydroxyl groups is 2. The van der Waals surface area contributed by atoms with Crippen LogP contribution in [0.5, 0.6) is 5.75 Å². The molecule has 1 fully saturated rings. The summed E-state index contributed by atoms with van der Waals surface area (Å²) in [7, 11) is 0. The number of ether oxygens (including phenoxy) is 1. The summed E-state index contributed by atoms with van der Waals surface area (Å²) in [6.07, 6.45) is 0.370. The molecule has 7 nitrogen and oxygen atoms in total. The van der Waals surface area contributed by atoms with Gasteiger partial charge in [-0.3, -0.25) is 9.59 Å². The van der Waals surface area contributed by atoms with Gasteiger partial charge in [-0.2, -0.15) is 0 Å². The maximum Gasteiger partial charge on any atom is 0.257 e. The number of nitrogens with zero attached hydrogens (tertiary/aromatic N) is 1. The standard InChI is InChI=1S/C27H34N2O5/c1-19-6-8-20(9-7-19)14-26(33)29-12-10-27(11-13-29)16-23(31)22(30)15-21-4-2-3-5-24(21)34-17-25(32)28-18-27/h2-9,22-23,30-31H,10-18H2,1H3,(H,28,32)/t22-,23+/m0/s1. The van der Waals surface area contributed by atoms with Crippen molar-refractivity contribution < 1.29 is 24.5 Å². The predicted octanol–water partition coefficient (Wildman–Crippen LogP) is 2.01. The summed E-state index contributed by atoms with van der Waals surface area (Å²) in [4.78, 5) is 27.2. The number of aryl methyl sites for hydroxylation is 1. The molecule has 2 aliphatic heterocycles. The van der Waals surface area contributed by atoms with Gasteiger partial charge in [0.2, 0.25) is 5.91 Å². The van der Waals surface area contributed by atoms with Crippen molar-refractivity contribution in [3.05, 3.63) is 65.2 Å². The van der Waals surface area contributed by atoms with E-state index in [1.165, 1.54) is 0 Å². The molecule has 3 N–H and O–H groups in total. The fourth-order valence-electron chi connectivity index (χ4n) is 4.91. The van der Waals surface area contributed by atoms with Crippen molar-refractivity contribution in [3.63, 3.8) is 0 Å². The van der Waals surface area contributed by atoms with Crippen molar-refractivity contribution in [1.29, 1.82) is 0 Å². The fourth-order valence-corrected chi connectivity index (χ4v) is 4.91. The molecule has 0 saturated carbocycles. The lowest BCUT2D eigenvalue weighted by atomic mass is 9.73. The first-order chi connectivity index (χ1) is 16.3. The Morgan fingerprint density at radius 1 is 1.09 bits per heavy atom. The lowest BCUT2D eigenvalue weighted by molar-refractivity contribution is -0.134. The zero-order valence-electron chi connectivity index (χ0n) is 19.7. The fraction of sp³-hybridized carbons (Fsp3) is 0.481. The van der Waals surface area contributed by atoms with Crippen LogP contribution >= 0.6 is 0 Å². The third-order valence-electron chi connectivity index (χ3n) is 7.16. The van der Waals surface area contributed by atoms with Gasteiger partial charge in [-0.15, -0.1) is 0 Å². The van der Waals surface area contributed by atoms with Gasteiger partial charge in [-0.05, 0) is 48.8 Å². The van der Waals surface area contributed by atoms with Gasteiger partial charge in [0, 0.05) is 26.1 Å². The average Bonchev–Trinajstić information content (AvgIpc) is 2.83. The molecular weight excluding hydrogens is 432 g/mol. The molecule has 0 aromatic heterocycles. The second-order valence-electron chi connectivity index (χ2n) is 9.76. The molecular formula is C27H34N2O5. The van der Waals surface area contributed by atoms with E-state index >= 15 is 0 Å². The van der Waals surface area contributed by atoms with Crippen LogP contribution in [0.4, 0.5) is 0 Å².